The molecule has 3 heteroatoms. The summed E-state index contributed by atoms with van der Waals surface area (Å²) in [6.45, 7) is 3.47. The second-order valence-electron chi connectivity index (χ2n) is 6.18. The highest BCUT2D eigenvalue weighted by molar-refractivity contribution is 5.67. The van der Waals surface area contributed by atoms with Gasteiger partial charge in [0, 0.05) is 6.42 Å². The van der Waals surface area contributed by atoms with E-state index in [1.165, 1.54) is 45.1 Å². The number of carboxylic acid groups (broad SMARTS) is 1. The van der Waals surface area contributed by atoms with Gasteiger partial charge >= 0.3 is 5.97 Å². The van der Waals surface area contributed by atoms with Crippen LogP contribution in [0.2, 0.25) is 0 Å². The van der Waals surface area contributed by atoms with Gasteiger partial charge in [-0.1, -0.05) is 32.1 Å². The lowest BCUT2D eigenvalue weighted by molar-refractivity contribution is -0.138. The molecule has 0 amide bonds. The van der Waals surface area contributed by atoms with Crippen LogP contribution in [0.3, 0.4) is 0 Å². The van der Waals surface area contributed by atoms with Crippen molar-refractivity contribution in [3.63, 3.8) is 0 Å². The van der Waals surface area contributed by atoms with Crippen LogP contribution in [0.15, 0.2) is 0 Å². The number of carbonyl (C=O) groups is 1. The van der Waals surface area contributed by atoms with E-state index in [0.29, 0.717) is 12.3 Å². The third-order valence-corrected chi connectivity index (χ3v) is 4.75. The Labute approximate surface area is 111 Å². The molecule has 0 aromatic heterocycles. The molecule has 0 spiro atoms. The van der Waals surface area contributed by atoms with Gasteiger partial charge in [0.25, 0.3) is 0 Å². The number of hydrogen-bond donors (Lipinski definition) is 1. The van der Waals surface area contributed by atoms with Gasteiger partial charge in [0.2, 0.25) is 0 Å². The standard InChI is InChI=1S/C15H27NO2/c17-15(18)12-14-7-10-16(11-8-14)9-6-13-4-2-1-3-5-13/h13-14H,1-12H2,(H,17,18). The first kappa shape index (κ1) is 13.9. The summed E-state index contributed by atoms with van der Waals surface area (Å²) in [5.41, 5.74) is 0. The second kappa shape index (κ2) is 7.13. The summed E-state index contributed by atoms with van der Waals surface area (Å²) < 4.78 is 0. The van der Waals surface area contributed by atoms with Crippen molar-refractivity contribution in [2.45, 2.75) is 57.8 Å². The Bertz CT molecular complexity index is 253. The molecule has 1 aliphatic heterocycles. The fraction of sp³-hybridized carbons (Fsp3) is 0.933. The molecule has 18 heavy (non-hydrogen) atoms. The lowest BCUT2D eigenvalue weighted by Gasteiger charge is -2.32. The van der Waals surface area contributed by atoms with E-state index in [2.05, 4.69) is 4.90 Å². The first-order chi connectivity index (χ1) is 8.74. The molecule has 104 valence electrons. The molecule has 0 aromatic rings. The van der Waals surface area contributed by atoms with Gasteiger partial charge in [-0.3, -0.25) is 4.79 Å². The van der Waals surface area contributed by atoms with Crippen LogP contribution in [-0.4, -0.2) is 35.6 Å². The van der Waals surface area contributed by atoms with Gasteiger partial charge in [0.15, 0.2) is 0 Å². The van der Waals surface area contributed by atoms with Crippen LogP contribution in [0.25, 0.3) is 0 Å². The van der Waals surface area contributed by atoms with Gasteiger partial charge in [-0.2, -0.15) is 0 Å². The molecule has 0 unspecified atom stereocenters. The van der Waals surface area contributed by atoms with E-state index in [9.17, 15) is 4.79 Å². The van der Waals surface area contributed by atoms with E-state index in [0.717, 1.165) is 31.8 Å². The highest BCUT2D eigenvalue weighted by Crippen LogP contribution is 2.27. The molecule has 1 saturated heterocycles. The number of nitrogens with zero attached hydrogens (tertiary/aromatic N) is 1. The van der Waals surface area contributed by atoms with E-state index >= 15 is 0 Å². The summed E-state index contributed by atoms with van der Waals surface area (Å²) in [7, 11) is 0. The highest BCUT2D eigenvalue weighted by atomic mass is 16.4. The molecular weight excluding hydrogens is 226 g/mol. The quantitative estimate of drug-likeness (QED) is 0.818. The molecule has 2 rings (SSSR count). The van der Waals surface area contributed by atoms with Crippen molar-refractivity contribution in [2.24, 2.45) is 11.8 Å². The van der Waals surface area contributed by atoms with E-state index in [-0.39, 0.29) is 0 Å². The molecule has 2 fully saturated rings. The lowest BCUT2D eigenvalue weighted by Crippen LogP contribution is -2.35. The van der Waals surface area contributed by atoms with Crippen LogP contribution in [0, 0.1) is 11.8 Å². The molecule has 0 bridgehead atoms. The molecule has 1 saturated carbocycles. The van der Waals surface area contributed by atoms with Crippen LogP contribution >= 0.6 is 0 Å². The molecular formula is C15H27NO2. The van der Waals surface area contributed by atoms with Crippen molar-refractivity contribution in [3.05, 3.63) is 0 Å². The number of carboxylic acids is 1. The fourth-order valence-corrected chi connectivity index (χ4v) is 3.50. The Morgan fingerprint density at radius 1 is 1.00 bits per heavy atom. The normalized spacial score (nSPS) is 24.2. The maximum absolute atomic E-state index is 10.7. The summed E-state index contributed by atoms with van der Waals surface area (Å²) >= 11 is 0. The summed E-state index contributed by atoms with van der Waals surface area (Å²) in [6, 6.07) is 0. The zero-order valence-electron chi connectivity index (χ0n) is 11.4. The molecule has 2 aliphatic rings. The van der Waals surface area contributed by atoms with E-state index in [1.54, 1.807) is 0 Å². The number of aliphatic carboxylic acids is 1. The average molecular weight is 253 g/mol. The van der Waals surface area contributed by atoms with Crippen LogP contribution in [-0.2, 0) is 4.79 Å². The Kier molecular flexibility index (Phi) is 5.48. The number of rotatable bonds is 5. The van der Waals surface area contributed by atoms with Crippen LogP contribution in [0.5, 0.6) is 0 Å². The lowest BCUT2D eigenvalue weighted by atomic mass is 9.86. The first-order valence-electron chi connectivity index (χ1n) is 7.68. The minimum atomic E-state index is -0.629. The molecule has 1 aliphatic carbocycles. The zero-order chi connectivity index (χ0) is 12.8. The minimum Gasteiger partial charge on any atom is -0.481 e. The van der Waals surface area contributed by atoms with Gasteiger partial charge in [0.1, 0.15) is 0 Å². The first-order valence-corrected chi connectivity index (χ1v) is 7.68. The Hall–Kier alpha value is -0.570. The largest absolute Gasteiger partial charge is 0.481 e. The predicted molar refractivity (Wildman–Crippen MR) is 72.6 cm³/mol. The zero-order valence-corrected chi connectivity index (χ0v) is 11.4. The molecule has 1 N–H and O–H groups in total. The number of likely N-dealkylation sites (tertiary alicyclic amines) is 1. The summed E-state index contributed by atoms with van der Waals surface area (Å²) in [6.07, 6.45) is 11.1. The van der Waals surface area contributed by atoms with Crippen molar-refractivity contribution >= 4 is 5.97 Å². The van der Waals surface area contributed by atoms with Crippen LogP contribution in [0.1, 0.15) is 57.8 Å². The third-order valence-electron chi connectivity index (χ3n) is 4.75. The molecule has 1 heterocycles. The second-order valence-corrected chi connectivity index (χ2v) is 6.18. The predicted octanol–water partition coefficient (Wildman–Crippen LogP) is 3.14. The maximum atomic E-state index is 10.7. The molecule has 3 nitrogen and oxygen atoms in total. The minimum absolute atomic E-state index is 0.371. The fourth-order valence-electron chi connectivity index (χ4n) is 3.50. The highest BCUT2D eigenvalue weighted by Gasteiger charge is 2.22. The van der Waals surface area contributed by atoms with Crippen molar-refractivity contribution in [2.75, 3.05) is 19.6 Å². The maximum Gasteiger partial charge on any atom is 0.303 e. The molecule has 0 radical (unpaired) electrons. The van der Waals surface area contributed by atoms with E-state index < -0.39 is 5.97 Å². The average Bonchev–Trinajstić information content (AvgIpc) is 2.38. The SMILES string of the molecule is O=C(O)CC1CCN(CCC2CCCCC2)CC1. The Balaban J connectivity index is 1.59. The summed E-state index contributed by atoms with van der Waals surface area (Å²) in [5.74, 6) is 0.763. The summed E-state index contributed by atoms with van der Waals surface area (Å²) in [5, 5.41) is 8.79. The smallest absolute Gasteiger partial charge is 0.303 e. The van der Waals surface area contributed by atoms with Gasteiger partial charge in [-0.05, 0) is 50.7 Å². The van der Waals surface area contributed by atoms with Crippen molar-refractivity contribution in [1.29, 1.82) is 0 Å². The number of hydrogen-bond acceptors (Lipinski definition) is 2. The molecule has 0 atom stereocenters. The number of piperidine rings is 1. The van der Waals surface area contributed by atoms with E-state index in [1.807, 2.05) is 0 Å². The third kappa shape index (κ3) is 4.60. The topological polar surface area (TPSA) is 40.5 Å². The van der Waals surface area contributed by atoms with Gasteiger partial charge in [-0.15, -0.1) is 0 Å². The Morgan fingerprint density at radius 3 is 2.28 bits per heavy atom. The van der Waals surface area contributed by atoms with Gasteiger partial charge < -0.3 is 10.0 Å². The van der Waals surface area contributed by atoms with Crippen molar-refractivity contribution in [1.82, 2.24) is 4.90 Å². The summed E-state index contributed by atoms with van der Waals surface area (Å²) in [4.78, 5) is 13.2. The van der Waals surface area contributed by atoms with Crippen LogP contribution < -0.4 is 0 Å². The van der Waals surface area contributed by atoms with Gasteiger partial charge in [-0.25, -0.2) is 0 Å². The monoisotopic (exact) mass is 253 g/mol. The van der Waals surface area contributed by atoms with Gasteiger partial charge in [0.05, 0.1) is 0 Å². The van der Waals surface area contributed by atoms with E-state index in [4.69, 9.17) is 5.11 Å². The van der Waals surface area contributed by atoms with Crippen molar-refractivity contribution in [3.8, 4) is 0 Å². The Morgan fingerprint density at radius 2 is 1.67 bits per heavy atom. The molecule has 0 aromatic carbocycles. The van der Waals surface area contributed by atoms with Crippen LogP contribution in [0.4, 0.5) is 0 Å². The van der Waals surface area contributed by atoms with Crippen molar-refractivity contribution < 1.29 is 9.90 Å².